The Morgan fingerprint density at radius 2 is 1.70 bits per heavy atom. The number of benzene rings is 1. The molecule has 4 rings (SSSR count). The molecule has 0 amide bonds. The van der Waals surface area contributed by atoms with E-state index in [2.05, 4.69) is 4.98 Å². The van der Waals surface area contributed by atoms with Crippen molar-refractivity contribution < 1.29 is 24.2 Å². The molecule has 148 valence electrons. The summed E-state index contributed by atoms with van der Waals surface area (Å²) in [5, 5.41) is 9.67. The van der Waals surface area contributed by atoms with Crippen molar-refractivity contribution in [3.8, 4) is 0 Å². The Morgan fingerprint density at radius 3 is 2.40 bits per heavy atom. The van der Waals surface area contributed by atoms with E-state index in [0.29, 0.717) is 0 Å². The number of ether oxygens (including phenoxy) is 1. The number of aromatic nitrogens is 2. The van der Waals surface area contributed by atoms with Gasteiger partial charge in [0.2, 0.25) is 5.78 Å². The highest BCUT2D eigenvalue weighted by Gasteiger charge is 2.25. The van der Waals surface area contributed by atoms with Crippen molar-refractivity contribution in [2.45, 2.75) is 6.61 Å². The summed E-state index contributed by atoms with van der Waals surface area (Å²) < 4.78 is 6.72. The first kappa shape index (κ1) is 19.1. The standard InChI is InChI=1S/C23H16N2O5/c26-21(18-10-4-5-11-24-18)16-9-6-12-25-19(13-17(20(16)25)22(27)28)23(29)30-14-15-7-2-1-3-8-15/h1-13H,14H2,(H,27,28). The van der Waals surface area contributed by atoms with Gasteiger partial charge in [-0.05, 0) is 35.9 Å². The monoisotopic (exact) mass is 400 g/mol. The molecule has 0 atom stereocenters. The fourth-order valence-electron chi connectivity index (χ4n) is 3.19. The molecule has 1 N–H and O–H groups in total. The van der Waals surface area contributed by atoms with Crippen molar-refractivity contribution >= 4 is 23.2 Å². The topological polar surface area (TPSA) is 98.0 Å². The molecule has 3 aromatic heterocycles. The minimum absolute atomic E-state index is 0.0222. The predicted molar refractivity (Wildman–Crippen MR) is 108 cm³/mol. The van der Waals surface area contributed by atoms with Crippen LogP contribution in [0.5, 0.6) is 0 Å². The fourth-order valence-corrected chi connectivity index (χ4v) is 3.19. The summed E-state index contributed by atoms with van der Waals surface area (Å²) in [7, 11) is 0. The number of nitrogens with zero attached hydrogens (tertiary/aromatic N) is 2. The van der Waals surface area contributed by atoms with Gasteiger partial charge in [-0.1, -0.05) is 36.4 Å². The maximum Gasteiger partial charge on any atom is 0.355 e. The molecule has 30 heavy (non-hydrogen) atoms. The van der Waals surface area contributed by atoms with E-state index in [1.54, 1.807) is 24.3 Å². The first-order valence-electron chi connectivity index (χ1n) is 9.10. The van der Waals surface area contributed by atoms with Crippen LogP contribution in [0.3, 0.4) is 0 Å². The van der Waals surface area contributed by atoms with E-state index in [4.69, 9.17) is 4.74 Å². The largest absolute Gasteiger partial charge is 0.478 e. The van der Waals surface area contributed by atoms with Crippen LogP contribution in [0.1, 0.15) is 42.5 Å². The molecule has 0 aliphatic heterocycles. The summed E-state index contributed by atoms with van der Waals surface area (Å²) in [5.41, 5.74) is 1.09. The molecular weight excluding hydrogens is 384 g/mol. The summed E-state index contributed by atoms with van der Waals surface area (Å²) in [4.78, 5) is 41.5. The van der Waals surface area contributed by atoms with Crippen molar-refractivity contribution in [3.63, 3.8) is 0 Å². The first-order chi connectivity index (χ1) is 14.6. The third-order valence-electron chi connectivity index (χ3n) is 4.58. The van der Waals surface area contributed by atoms with Gasteiger partial charge in [0.1, 0.15) is 18.0 Å². The quantitative estimate of drug-likeness (QED) is 0.392. The van der Waals surface area contributed by atoms with Gasteiger partial charge in [-0.3, -0.25) is 9.78 Å². The Hall–Kier alpha value is -4.26. The maximum absolute atomic E-state index is 12.9. The first-order valence-corrected chi connectivity index (χ1v) is 9.10. The molecule has 1 aromatic carbocycles. The number of carbonyl (C=O) groups is 3. The molecule has 3 heterocycles. The van der Waals surface area contributed by atoms with Crippen molar-refractivity contribution in [1.29, 1.82) is 0 Å². The van der Waals surface area contributed by atoms with Gasteiger partial charge in [-0.25, -0.2) is 9.59 Å². The molecule has 0 radical (unpaired) electrons. The van der Waals surface area contributed by atoms with E-state index in [-0.39, 0.29) is 34.6 Å². The lowest BCUT2D eigenvalue weighted by molar-refractivity contribution is 0.0464. The van der Waals surface area contributed by atoms with Crippen molar-refractivity contribution in [2.24, 2.45) is 0 Å². The van der Waals surface area contributed by atoms with Crippen molar-refractivity contribution in [3.05, 3.63) is 107 Å². The van der Waals surface area contributed by atoms with Gasteiger partial charge >= 0.3 is 11.9 Å². The second-order valence-corrected chi connectivity index (χ2v) is 6.49. The van der Waals surface area contributed by atoms with Gasteiger partial charge in [0.15, 0.2) is 0 Å². The molecule has 4 aromatic rings. The highest BCUT2D eigenvalue weighted by Crippen LogP contribution is 2.24. The normalized spacial score (nSPS) is 10.7. The third kappa shape index (κ3) is 3.56. The van der Waals surface area contributed by atoms with Crippen LogP contribution in [0, 0.1) is 0 Å². The number of rotatable bonds is 6. The number of carboxylic acid groups (broad SMARTS) is 1. The fraction of sp³-hybridized carbons (Fsp3) is 0.0435. The van der Waals surface area contributed by atoms with E-state index in [9.17, 15) is 19.5 Å². The van der Waals surface area contributed by atoms with Crippen molar-refractivity contribution in [1.82, 2.24) is 9.38 Å². The molecular formula is C23H16N2O5. The van der Waals surface area contributed by atoms with Gasteiger partial charge in [-0.2, -0.15) is 0 Å². The lowest BCUT2D eigenvalue weighted by Crippen LogP contribution is -2.10. The van der Waals surface area contributed by atoms with E-state index in [1.807, 2.05) is 30.3 Å². The number of esters is 1. The molecule has 0 bridgehead atoms. The van der Waals surface area contributed by atoms with Crippen LogP contribution in [0.15, 0.2) is 79.1 Å². The smallest absolute Gasteiger partial charge is 0.355 e. The zero-order valence-corrected chi connectivity index (χ0v) is 15.7. The molecule has 0 fully saturated rings. The molecule has 0 saturated carbocycles. The van der Waals surface area contributed by atoms with Gasteiger partial charge in [-0.15, -0.1) is 0 Å². The average Bonchev–Trinajstić information content (AvgIpc) is 3.18. The summed E-state index contributed by atoms with van der Waals surface area (Å²) in [6, 6.07) is 18.3. The van der Waals surface area contributed by atoms with Crippen LogP contribution < -0.4 is 0 Å². The van der Waals surface area contributed by atoms with E-state index in [0.717, 1.165) is 5.56 Å². The molecule has 0 aliphatic carbocycles. The minimum Gasteiger partial charge on any atom is -0.478 e. The number of hydrogen-bond acceptors (Lipinski definition) is 5. The number of ketones is 1. The van der Waals surface area contributed by atoms with Crippen LogP contribution in [0.4, 0.5) is 0 Å². The molecule has 0 saturated heterocycles. The molecule has 7 nitrogen and oxygen atoms in total. The highest BCUT2D eigenvalue weighted by atomic mass is 16.5. The van der Waals surface area contributed by atoms with Gasteiger partial charge < -0.3 is 14.2 Å². The van der Waals surface area contributed by atoms with Crippen molar-refractivity contribution in [2.75, 3.05) is 0 Å². The second kappa shape index (κ2) is 8.00. The van der Waals surface area contributed by atoms with E-state index < -0.39 is 17.7 Å². The van der Waals surface area contributed by atoms with Crippen LogP contribution in [-0.4, -0.2) is 32.2 Å². The molecule has 0 unspecified atom stereocenters. The van der Waals surface area contributed by atoms with E-state index >= 15 is 0 Å². The number of carbonyl (C=O) groups excluding carboxylic acids is 2. The highest BCUT2D eigenvalue weighted by molar-refractivity contribution is 6.15. The minimum atomic E-state index is -1.25. The SMILES string of the molecule is O=C(O)c1cc(C(=O)OCc2ccccc2)n2cccc(C(=O)c3ccccn3)c12. The lowest BCUT2D eigenvalue weighted by atomic mass is 10.1. The lowest BCUT2D eigenvalue weighted by Gasteiger charge is -2.08. The zero-order valence-electron chi connectivity index (χ0n) is 15.7. The Labute approximate surface area is 171 Å². The van der Waals surface area contributed by atoms with Crippen LogP contribution in [0.2, 0.25) is 0 Å². The number of fused-ring (bicyclic) bond motifs is 1. The number of carboxylic acids is 1. The molecule has 0 aliphatic rings. The molecule has 0 spiro atoms. The Balaban J connectivity index is 1.76. The average molecular weight is 400 g/mol. The van der Waals surface area contributed by atoms with Gasteiger partial charge in [0.25, 0.3) is 0 Å². The predicted octanol–water partition coefficient (Wildman–Crippen LogP) is 3.62. The zero-order chi connectivity index (χ0) is 21.1. The number of hydrogen-bond donors (Lipinski definition) is 1. The molecule has 7 heteroatoms. The number of pyridine rings is 2. The Kier molecular flexibility index (Phi) is 5.09. The maximum atomic E-state index is 12.9. The van der Waals surface area contributed by atoms with Gasteiger partial charge in [0.05, 0.1) is 11.1 Å². The third-order valence-corrected chi connectivity index (χ3v) is 4.58. The van der Waals surface area contributed by atoms with E-state index in [1.165, 1.54) is 28.9 Å². The Morgan fingerprint density at radius 1 is 0.933 bits per heavy atom. The van der Waals surface area contributed by atoms with Crippen LogP contribution in [0.25, 0.3) is 5.52 Å². The van der Waals surface area contributed by atoms with Crippen LogP contribution in [-0.2, 0) is 11.3 Å². The summed E-state index contributed by atoms with van der Waals surface area (Å²) in [6.45, 7) is 0.0435. The summed E-state index contributed by atoms with van der Waals surface area (Å²) in [5.74, 6) is -2.38. The number of aromatic carboxylic acids is 1. The summed E-state index contributed by atoms with van der Waals surface area (Å²) in [6.07, 6.45) is 3.01. The van der Waals surface area contributed by atoms with Crippen LogP contribution >= 0.6 is 0 Å². The summed E-state index contributed by atoms with van der Waals surface area (Å²) >= 11 is 0. The van der Waals surface area contributed by atoms with Gasteiger partial charge in [0, 0.05) is 18.0 Å². The Bertz CT molecular complexity index is 1250. The second-order valence-electron chi connectivity index (χ2n) is 6.49.